The zero-order chi connectivity index (χ0) is 13.4. The Morgan fingerprint density at radius 1 is 1.53 bits per heavy atom. The molecule has 1 aliphatic rings. The molecule has 0 aliphatic heterocycles. The summed E-state index contributed by atoms with van der Waals surface area (Å²) in [6, 6.07) is 0.356. The molecule has 0 unspecified atom stereocenters. The number of hydrogen-bond donors (Lipinski definition) is 1. The van der Waals surface area contributed by atoms with Gasteiger partial charge in [-0.2, -0.15) is 0 Å². The third-order valence-corrected chi connectivity index (χ3v) is 4.29. The van der Waals surface area contributed by atoms with Crippen molar-refractivity contribution in [1.29, 1.82) is 0 Å². The molecular formula is C13H15N3O2S. The number of aryl methyl sites for hydroxylation is 1. The average Bonchev–Trinajstić information content (AvgIpc) is 3.13. The van der Waals surface area contributed by atoms with Crippen molar-refractivity contribution in [2.75, 3.05) is 6.61 Å². The topological polar surface area (TPSA) is 64.1 Å². The van der Waals surface area contributed by atoms with Crippen molar-refractivity contribution in [1.82, 2.24) is 15.3 Å². The summed E-state index contributed by atoms with van der Waals surface area (Å²) < 4.78 is 5.51. The van der Waals surface area contributed by atoms with Crippen LogP contribution < -0.4 is 10.1 Å². The number of rotatable bonds is 4. The van der Waals surface area contributed by atoms with Gasteiger partial charge in [0.2, 0.25) is 5.88 Å². The molecule has 3 rings (SSSR count). The number of nitrogens with one attached hydrogen (secondary N) is 1. The average molecular weight is 277 g/mol. The Balaban J connectivity index is 2.03. The summed E-state index contributed by atoms with van der Waals surface area (Å²) in [4.78, 5) is 22.1. The Kier molecular flexibility index (Phi) is 3.10. The standard InChI is InChI=1S/C13H15N3O2S/c1-3-18-12-9-7(2)10(11(17)16-8-4-5-8)19-13(9)15-6-14-12/h6,8H,3-5H2,1-2H3,(H,16,17). The molecular weight excluding hydrogens is 262 g/mol. The molecule has 1 saturated carbocycles. The van der Waals surface area contributed by atoms with Crippen LogP contribution in [0.4, 0.5) is 0 Å². The molecule has 19 heavy (non-hydrogen) atoms. The van der Waals surface area contributed by atoms with Crippen LogP contribution in [-0.2, 0) is 0 Å². The molecule has 0 bridgehead atoms. The van der Waals surface area contributed by atoms with Crippen LogP contribution in [0.15, 0.2) is 6.33 Å². The molecule has 2 heterocycles. The van der Waals surface area contributed by atoms with E-state index in [0.29, 0.717) is 23.4 Å². The highest BCUT2D eigenvalue weighted by atomic mass is 32.1. The summed E-state index contributed by atoms with van der Waals surface area (Å²) in [7, 11) is 0. The van der Waals surface area contributed by atoms with Crippen molar-refractivity contribution in [3.05, 3.63) is 16.8 Å². The fourth-order valence-corrected chi connectivity index (χ4v) is 3.02. The van der Waals surface area contributed by atoms with Gasteiger partial charge in [-0.15, -0.1) is 11.3 Å². The maximum Gasteiger partial charge on any atom is 0.261 e. The number of ether oxygens (including phenoxy) is 1. The summed E-state index contributed by atoms with van der Waals surface area (Å²) in [5.74, 6) is 0.553. The Morgan fingerprint density at radius 2 is 2.32 bits per heavy atom. The largest absolute Gasteiger partial charge is 0.477 e. The summed E-state index contributed by atoms with van der Waals surface area (Å²) in [6.45, 7) is 4.38. The number of aromatic nitrogens is 2. The number of carbonyl (C=O) groups is 1. The van der Waals surface area contributed by atoms with E-state index in [1.807, 2.05) is 13.8 Å². The molecule has 1 fully saturated rings. The van der Waals surface area contributed by atoms with Gasteiger partial charge in [-0.3, -0.25) is 4.79 Å². The van der Waals surface area contributed by atoms with Gasteiger partial charge in [-0.1, -0.05) is 0 Å². The first-order valence-electron chi connectivity index (χ1n) is 6.38. The number of nitrogens with zero attached hydrogens (tertiary/aromatic N) is 2. The molecule has 100 valence electrons. The normalized spacial score (nSPS) is 14.6. The minimum Gasteiger partial charge on any atom is -0.477 e. The maximum atomic E-state index is 12.2. The monoisotopic (exact) mass is 277 g/mol. The van der Waals surface area contributed by atoms with Crippen LogP contribution >= 0.6 is 11.3 Å². The fourth-order valence-electron chi connectivity index (χ4n) is 1.98. The van der Waals surface area contributed by atoms with Gasteiger partial charge < -0.3 is 10.1 Å². The highest BCUT2D eigenvalue weighted by Gasteiger charge is 2.26. The minimum atomic E-state index is -0.00884. The van der Waals surface area contributed by atoms with Gasteiger partial charge in [0, 0.05) is 6.04 Å². The lowest BCUT2D eigenvalue weighted by Gasteiger charge is -2.04. The van der Waals surface area contributed by atoms with Gasteiger partial charge in [-0.05, 0) is 32.3 Å². The van der Waals surface area contributed by atoms with Crippen LogP contribution in [0.5, 0.6) is 5.88 Å². The number of amides is 1. The number of thiophene rings is 1. The summed E-state index contributed by atoms with van der Waals surface area (Å²) in [5, 5.41) is 3.86. The van der Waals surface area contributed by atoms with E-state index in [-0.39, 0.29) is 5.91 Å². The van der Waals surface area contributed by atoms with Crippen LogP contribution in [0.2, 0.25) is 0 Å². The van der Waals surface area contributed by atoms with Crippen LogP contribution in [0.3, 0.4) is 0 Å². The van der Waals surface area contributed by atoms with E-state index in [4.69, 9.17) is 4.74 Å². The zero-order valence-electron chi connectivity index (χ0n) is 10.9. The molecule has 5 nitrogen and oxygen atoms in total. The first-order valence-corrected chi connectivity index (χ1v) is 7.20. The van der Waals surface area contributed by atoms with Gasteiger partial charge in [0.1, 0.15) is 11.2 Å². The van der Waals surface area contributed by atoms with E-state index >= 15 is 0 Å². The SMILES string of the molecule is CCOc1ncnc2sc(C(=O)NC3CC3)c(C)c12. The molecule has 0 saturated heterocycles. The molecule has 0 atom stereocenters. The highest BCUT2D eigenvalue weighted by molar-refractivity contribution is 7.20. The maximum absolute atomic E-state index is 12.2. The summed E-state index contributed by atoms with van der Waals surface area (Å²) in [6.07, 6.45) is 3.64. The smallest absolute Gasteiger partial charge is 0.261 e. The van der Waals surface area contributed by atoms with Gasteiger partial charge >= 0.3 is 0 Å². The van der Waals surface area contributed by atoms with E-state index in [0.717, 1.165) is 28.6 Å². The molecule has 1 aliphatic carbocycles. The Labute approximate surface area is 115 Å². The van der Waals surface area contributed by atoms with Crippen molar-refractivity contribution in [2.24, 2.45) is 0 Å². The predicted octanol–water partition coefficient (Wildman–Crippen LogP) is 2.29. The fraction of sp³-hybridized carbons (Fsp3) is 0.462. The van der Waals surface area contributed by atoms with Crippen molar-refractivity contribution in [2.45, 2.75) is 32.7 Å². The van der Waals surface area contributed by atoms with Crippen molar-refractivity contribution in [3.8, 4) is 5.88 Å². The molecule has 0 spiro atoms. The third kappa shape index (κ3) is 2.28. The van der Waals surface area contributed by atoms with Gasteiger partial charge in [0.25, 0.3) is 5.91 Å². The van der Waals surface area contributed by atoms with Crippen molar-refractivity contribution >= 4 is 27.5 Å². The molecule has 2 aromatic heterocycles. The third-order valence-electron chi connectivity index (χ3n) is 3.09. The number of hydrogen-bond acceptors (Lipinski definition) is 5. The predicted molar refractivity (Wildman–Crippen MR) is 73.8 cm³/mol. The van der Waals surface area contributed by atoms with Crippen LogP contribution in [0.1, 0.15) is 35.0 Å². The summed E-state index contributed by atoms with van der Waals surface area (Å²) >= 11 is 1.40. The second-order valence-corrected chi connectivity index (χ2v) is 5.59. The minimum absolute atomic E-state index is 0.00884. The molecule has 0 aromatic carbocycles. The molecule has 0 radical (unpaired) electrons. The lowest BCUT2D eigenvalue weighted by molar-refractivity contribution is 0.0954. The molecule has 1 amide bonds. The highest BCUT2D eigenvalue weighted by Crippen LogP contribution is 2.34. The lowest BCUT2D eigenvalue weighted by atomic mass is 10.2. The second-order valence-electron chi connectivity index (χ2n) is 4.60. The van der Waals surface area contributed by atoms with Crippen LogP contribution in [0.25, 0.3) is 10.2 Å². The second kappa shape index (κ2) is 4.77. The van der Waals surface area contributed by atoms with E-state index in [9.17, 15) is 4.79 Å². The quantitative estimate of drug-likeness (QED) is 0.931. The van der Waals surface area contributed by atoms with E-state index in [2.05, 4.69) is 15.3 Å². The molecule has 1 N–H and O–H groups in total. The van der Waals surface area contributed by atoms with Gasteiger partial charge in [0.05, 0.1) is 16.9 Å². The summed E-state index contributed by atoms with van der Waals surface area (Å²) in [5.41, 5.74) is 0.905. The van der Waals surface area contributed by atoms with Gasteiger partial charge in [-0.25, -0.2) is 9.97 Å². The lowest BCUT2D eigenvalue weighted by Crippen LogP contribution is -2.24. The first kappa shape index (κ1) is 12.3. The molecule has 6 heteroatoms. The van der Waals surface area contributed by atoms with Gasteiger partial charge in [0.15, 0.2) is 0 Å². The van der Waals surface area contributed by atoms with Crippen LogP contribution in [0, 0.1) is 6.92 Å². The van der Waals surface area contributed by atoms with E-state index in [1.165, 1.54) is 17.7 Å². The Hall–Kier alpha value is -1.69. The van der Waals surface area contributed by atoms with E-state index < -0.39 is 0 Å². The van der Waals surface area contributed by atoms with E-state index in [1.54, 1.807) is 0 Å². The number of carbonyl (C=O) groups excluding carboxylic acids is 1. The first-order chi connectivity index (χ1) is 9.20. The van der Waals surface area contributed by atoms with Crippen LogP contribution in [-0.4, -0.2) is 28.5 Å². The van der Waals surface area contributed by atoms with Crippen molar-refractivity contribution in [3.63, 3.8) is 0 Å². The zero-order valence-corrected chi connectivity index (χ0v) is 11.7. The number of fused-ring (bicyclic) bond motifs is 1. The van der Waals surface area contributed by atoms with Crippen molar-refractivity contribution < 1.29 is 9.53 Å². The Bertz CT molecular complexity index is 634. The Morgan fingerprint density at radius 3 is 3.00 bits per heavy atom. The molecule has 2 aromatic rings.